The number of hydrogen-bond acceptors (Lipinski definition) is 3. The molecule has 1 aromatic heterocycles. The SMILES string of the molecule is O=c1c2c(Cl)cccc2nc(Cl)n1C1CCCCNC1. The van der Waals surface area contributed by atoms with Crippen LogP contribution in [0, 0.1) is 0 Å². The maximum atomic E-state index is 12.7. The summed E-state index contributed by atoms with van der Waals surface area (Å²) in [4.78, 5) is 17.0. The first-order valence-corrected chi connectivity index (χ1v) is 7.51. The Balaban J connectivity index is 2.19. The minimum absolute atomic E-state index is 0.0330. The number of aromatic nitrogens is 2. The summed E-state index contributed by atoms with van der Waals surface area (Å²) in [6, 6.07) is 5.26. The Kier molecular flexibility index (Phi) is 3.96. The molecule has 3 rings (SSSR count). The molecule has 0 aliphatic carbocycles. The highest BCUT2D eigenvalue weighted by atomic mass is 35.5. The van der Waals surface area contributed by atoms with Crippen molar-refractivity contribution in [2.75, 3.05) is 13.1 Å². The maximum Gasteiger partial charge on any atom is 0.264 e. The predicted octanol–water partition coefficient (Wildman–Crippen LogP) is 3.02. The summed E-state index contributed by atoms with van der Waals surface area (Å²) in [7, 11) is 0. The number of benzene rings is 1. The predicted molar refractivity (Wildman–Crippen MR) is 81.8 cm³/mol. The Morgan fingerprint density at radius 2 is 2.15 bits per heavy atom. The van der Waals surface area contributed by atoms with Gasteiger partial charge in [-0.1, -0.05) is 24.1 Å². The van der Waals surface area contributed by atoms with Crippen molar-refractivity contribution in [2.24, 2.45) is 0 Å². The first-order valence-electron chi connectivity index (χ1n) is 6.75. The Labute approximate surface area is 126 Å². The Morgan fingerprint density at radius 3 is 3.00 bits per heavy atom. The molecule has 6 heteroatoms. The Morgan fingerprint density at radius 1 is 1.30 bits per heavy atom. The minimum Gasteiger partial charge on any atom is -0.315 e. The van der Waals surface area contributed by atoms with E-state index in [4.69, 9.17) is 23.2 Å². The number of hydrogen-bond donors (Lipinski definition) is 1. The van der Waals surface area contributed by atoms with E-state index in [9.17, 15) is 4.79 Å². The molecule has 0 radical (unpaired) electrons. The van der Waals surface area contributed by atoms with E-state index in [1.165, 1.54) is 0 Å². The van der Waals surface area contributed by atoms with Crippen LogP contribution in [-0.4, -0.2) is 22.6 Å². The van der Waals surface area contributed by atoms with Gasteiger partial charge in [0, 0.05) is 6.54 Å². The van der Waals surface area contributed by atoms with Gasteiger partial charge in [0.15, 0.2) is 0 Å². The topological polar surface area (TPSA) is 46.9 Å². The van der Waals surface area contributed by atoms with Crippen molar-refractivity contribution in [2.45, 2.75) is 25.3 Å². The van der Waals surface area contributed by atoms with Gasteiger partial charge in [-0.15, -0.1) is 0 Å². The van der Waals surface area contributed by atoms with Crippen LogP contribution >= 0.6 is 23.2 Å². The largest absolute Gasteiger partial charge is 0.315 e. The van der Waals surface area contributed by atoms with E-state index < -0.39 is 0 Å². The lowest BCUT2D eigenvalue weighted by molar-refractivity contribution is 0.447. The molecular formula is C14H15Cl2N3O. The third-order valence-corrected chi connectivity index (χ3v) is 4.30. The monoisotopic (exact) mass is 311 g/mol. The first-order chi connectivity index (χ1) is 9.68. The molecule has 0 saturated carbocycles. The molecule has 0 bridgehead atoms. The zero-order valence-electron chi connectivity index (χ0n) is 10.9. The van der Waals surface area contributed by atoms with Crippen molar-refractivity contribution in [1.29, 1.82) is 0 Å². The van der Waals surface area contributed by atoms with Crippen LogP contribution in [0.1, 0.15) is 25.3 Å². The number of nitrogens with zero attached hydrogens (tertiary/aromatic N) is 2. The lowest BCUT2D eigenvalue weighted by Gasteiger charge is -2.19. The van der Waals surface area contributed by atoms with Crippen LogP contribution in [0.5, 0.6) is 0 Å². The third-order valence-electron chi connectivity index (χ3n) is 3.72. The fraction of sp³-hybridized carbons (Fsp3) is 0.429. The van der Waals surface area contributed by atoms with Gasteiger partial charge in [-0.05, 0) is 43.1 Å². The van der Waals surface area contributed by atoms with Crippen LogP contribution in [0.2, 0.25) is 10.3 Å². The van der Waals surface area contributed by atoms with Crippen molar-refractivity contribution >= 4 is 34.1 Å². The van der Waals surface area contributed by atoms with E-state index in [-0.39, 0.29) is 16.9 Å². The van der Waals surface area contributed by atoms with Crippen LogP contribution in [0.15, 0.2) is 23.0 Å². The molecule has 2 aromatic rings. The van der Waals surface area contributed by atoms with Crippen LogP contribution in [-0.2, 0) is 0 Å². The highest BCUT2D eigenvalue weighted by molar-refractivity contribution is 6.35. The van der Waals surface area contributed by atoms with Gasteiger partial charge in [0.1, 0.15) is 0 Å². The molecule has 0 spiro atoms. The van der Waals surface area contributed by atoms with Gasteiger partial charge in [0.2, 0.25) is 5.28 Å². The van der Waals surface area contributed by atoms with E-state index in [0.29, 0.717) is 15.9 Å². The van der Waals surface area contributed by atoms with Gasteiger partial charge < -0.3 is 5.32 Å². The van der Waals surface area contributed by atoms with E-state index >= 15 is 0 Å². The molecule has 2 heterocycles. The normalized spacial score (nSPS) is 20.0. The van der Waals surface area contributed by atoms with Gasteiger partial charge in [-0.25, -0.2) is 4.98 Å². The van der Waals surface area contributed by atoms with E-state index in [0.717, 1.165) is 32.4 Å². The van der Waals surface area contributed by atoms with Crippen LogP contribution in [0.25, 0.3) is 10.9 Å². The highest BCUT2D eigenvalue weighted by Gasteiger charge is 2.20. The van der Waals surface area contributed by atoms with Gasteiger partial charge in [0.05, 0.1) is 22.0 Å². The van der Waals surface area contributed by atoms with Gasteiger partial charge in [-0.2, -0.15) is 0 Å². The Hall–Kier alpha value is -1.10. The second-order valence-corrected chi connectivity index (χ2v) is 5.79. The molecule has 4 nitrogen and oxygen atoms in total. The lowest BCUT2D eigenvalue weighted by atomic mass is 10.1. The molecule has 1 aliphatic rings. The second kappa shape index (κ2) is 5.72. The average Bonchev–Trinajstić information content (AvgIpc) is 2.67. The van der Waals surface area contributed by atoms with E-state index in [1.807, 2.05) is 0 Å². The van der Waals surface area contributed by atoms with Crippen molar-refractivity contribution < 1.29 is 0 Å². The first kappa shape index (κ1) is 13.9. The summed E-state index contributed by atoms with van der Waals surface area (Å²) in [5.74, 6) is 0. The third kappa shape index (κ3) is 2.43. The fourth-order valence-electron chi connectivity index (χ4n) is 2.71. The van der Waals surface area contributed by atoms with E-state index in [2.05, 4.69) is 10.3 Å². The molecular weight excluding hydrogens is 297 g/mol. The van der Waals surface area contributed by atoms with Crippen molar-refractivity contribution in [1.82, 2.24) is 14.9 Å². The zero-order chi connectivity index (χ0) is 14.1. The molecule has 1 aliphatic heterocycles. The van der Waals surface area contributed by atoms with Crippen LogP contribution in [0.4, 0.5) is 0 Å². The molecule has 106 valence electrons. The van der Waals surface area contributed by atoms with Crippen LogP contribution < -0.4 is 10.9 Å². The number of fused-ring (bicyclic) bond motifs is 1. The number of halogens is 2. The number of rotatable bonds is 1. The molecule has 1 aromatic carbocycles. The lowest BCUT2D eigenvalue weighted by Crippen LogP contribution is -2.32. The van der Waals surface area contributed by atoms with E-state index in [1.54, 1.807) is 22.8 Å². The summed E-state index contributed by atoms with van der Waals surface area (Å²) in [5, 5.41) is 4.44. The molecule has 1 N–H and O–H groups in total. The molecule has 1 atom stereocenters. The molecule has 1 fully saturated rings. The molecule has 1 unspecified atom stereocenters. The quantitative estimate of drug-likeness (QED) is 0.823. The summed E-state index contributed by atoms with van der Waals surface area (Å²) >= 11 is 12.4. The highest BCUT2D eigenvalue weighted by Crippen LogP contribution is 2.24. The molecule has 20 heavy (non-hydrogen) atoms. The standard InChI is InChI=1S/C14H15Cl2N3O/c15-10-5-3-6-11-12(10)13(20)19(14(16)18-11)9-4-1-2-7-17-8-9/h3,5-6,9,17H,1-2,4,7-8H2. The van der Waals surface area contributed by atoms with Gasteiger partial charge >= 0.3 is 0 Å². The fourth-order valence-corrected chi connectivity index (χ4v) is 3.27. The molecule has 1 saturated heterocycles. The smallest absolute Gasteiger partial charge is 0.264 e. The molecule has 0 amide bonds. The Bertz CT molecular complexity index is 691. The average molecular weight is 312 g/mol. The van der Waals surface area contributed by atoms with Crippen molar-refractivity contribution in [3.05, 3.63) is 38.9 Å². The van der Waals surface area contributed by atoms with Crippen LogP contribution in [0.3, 0.4) is 0 Å². The number of nitrogens with one attached hydrogen (secondary N) is 1. The summed E-state index contributed by atoms with van der Waals surface area (Å²) in [5.41, 5.74) is 0.393. The summed E-state index contributed by atoms with van der Waals surface area (Å²) in [6.45, 7) is 1.71. The minimum atomic E-state index is -0.153. The van der Waals surface area contributed by atoms with Gasteiger partial charge in [0.25, 0.3) is 5.56 Å². The van der Waals surface area contributed by atoms with Gasteiger partial charge in [-0.3, -0.25) is 9.36 Å². The summed E-state index contributed by atoms with van der Waals surface area (Å²) in [6.07, 6.45) is 3.11. The second-order valence-electron chi connectivity index (χ2n) is 5.04. The zero-order valence-corrected chi connectivity index (χ0v) is 12.4. The summed E-state index contributed by atoms with van der Waals surface area (Å²) < 4.78 is 1.58. The maximum absolute atomic E-state index is 12.7. The van der Waals surface area contributed by atoms with Crippen molar-refractivity contribution in [3.63, 3.8) is 0 Å². The van der Waals surface area contributed by atoms with Crippen molar-refractivity contribution in [3.8, 4) is 0 Å².